The normalized spacial score (nSPS) is 11.8. The summed E-state index contributed by atoms with van der Waals surface area (Å²) in [6.45, 7) is 5.65. The van der Waals surface area contributed by atoms with Gasteiger partial charge in [0.05, 0.1) is 20.6 Å². The monoisotopic (exact) mass is 220 g/mol. The Kier molecular flexibility index (Phi) is 5.01. The van der Waals surface area contributed by atoms with E-state index in [1.807, 2.05) is 0 Å². The van der Waals surface area contributed by atoms with E-state index in [4.69, 9.17) is 0 Å². The SMILES string of the molecule is CCCCCC[N+](C)(C)c1ccc(C)cc1. The number of hydrogen-bond donors (Lipinski definition) is 0. The summed E-state index contributed by atoms with van der Waals surface area (Å²) in [6.07, 6.45) is 5.38. The zero-order chi connectivity index (χ0) is 12.0. The van der Waals surface area contributed by atoms with E-state index in [1.165, 1.54) is 43.5 Å². The van der Waals surface area contributed by atoms with E-state index < -0.39 is 0 Å². The number of unbranched alkanes of at least 4 members (excludes halogenated alkanes) is 3. The molecule has 1 nitrogen and oxygen atoms in total. The standard InChI is InChI=1S/C15H26N/c1-5-6-7-8-13-16(3,4)15-11-9-14(2)10-12-15/h9-12H,5-8,13H2,1-4H3/q+1. The molecule has 0 unspecified atom stereocenters. The van der Waals surface area contributed by atoms with Crippen LogP contribution in [0.5, 0.6) is 0 Å². The molecule has 0 aliphatic heterocycles. The van der Waals surface area contributed by atoms with Crippen LogP contribution in [0.4, 0.5) is 5.69 Å². The lowest BCUT2D eigenvalue weighted by Crippen LogP contribution is -2.41. The predicted molar refractivity (Wildman–Crippen MR) is 73.8 cm³/mol. The van der Waals surface area contributed by atoms with Crippen molar-refractivity contribution in [2.45, 2.75) is 39.5 Å². The highest BCUT2D eigenvalue weighted by Gasteiger charge is 2.17. The highest BCUT2D eigenvalue weighted by atomic mass is 15.3. The van der Waals surface area contributed by atoms with E-state index in [-0.39, 0.29) is 0 Å². The van der Waals surface area contributed by atoms with Gasteiger partial charge >= 0.3 is 0 Å². The average Bonchev–Trinajstić information content (AvgIpc) is 2.25. The summed E-state index contributed by atoms with van der Waals surface area (Å²) in [7, 11) is 4.60. The van der Waals surface area contributed by atoms with Gasteiger partial charge in [0.25, 0.3) is 0 Å². The summed E-state index contributed by atoms with van der Waals surface area (Å²) in [5.74, 6) is 0. The van der Waals surface area contributed by atoms with Gasteiger partial charge in [-0.3, -0.25) is 4.48 Å². The van der Waals surface area contributed by atoms with Crippen LogP contribution >= 0.6 is 0 Å². The summed E-state index contributed by atoms with van der Waals surface area (Å²) in [5.41, 5.74) is 2.76. The summed E-state index contributed by atoms with van der Waals surface area (Å²) >= 11 is 0. The zero-order valence-electron chi connectivity index (χ0n) is 11.3. The molecule has 0 heterocycles. The zero-order valence-corrected chi connectivity index (χ0v) is 11.3. The Morgan fingerprint density at radius 2 is 1.56 bits per heavy atom. The van der Waals surface area contributed by atoms with Crippen LogP contribution in [0.25, 0.3) is 0 Å². The Morgan fingerprint density at radius 3 is 2.12 bits per heavy atom. The van der Waals surface area contributed by atoms with Crippen molar-refractivity contribution in [2.75, 3.05) is 20.6 Å². The number of aryl methyl sites for hydroxylation is 1. The average molecular weight is 220 g/mol. The smallest absolute Gasteiger partial charge is 0.132 e. The van der Waals surface area contributed by atoms with Gasteiger partial charge < -0.3 is 0 Å². The van der Waals surface area contributed by atoms with Crippen molar-refractivity contribution in [2.24, 2.45) is 0 Å². The molecule has 0 saturated carbocycles. The first-order valence-electron chi connectivity index (χ1n) is 6.46. The molecule has 1 rings (SSSR count). The van der Waals surface area contributed by atoms with Gasteiger partial charge in [-0.1, -0.05) is 37.5 Å². The van der Waals surface area contributed by atoms with Crippen molar-refractivity contribution in [1.29, 1.82) is 0 Å². The van der Waals surface area contributed by atoms with E-state index in [0.29, 0.717) is 0 Å². The van der Waals surface area contributed by atoms with Crippen LogP contribution < -0.4 is 4.48 Å². The summed E-state index contributed by atoms with van der Waals surface area (Å²) < 4.78 is 1.00. The van der Waals surface area contributed by atoms with Crippen LogP contribution in [-0.4, -0.2) is 20.6 Å². The second-order valence-corrected chi connectivity index (χ2v) is 5.30. The molecule has 0 bridgehead atoms. The van der Waals surface area contributed by atoms with Crippen LogP contribution in [-0.2, 0) is 0 Å². The number of nitrogens with zero attached hydrogens (tertiary/aromatic N) is 1. The fourth-order valence-corrected chi connectivity index (χ4v) is 2.01. The molecule has 0 fully saturated rings. The topological polar surface area (TPSA) is 0 Å². The molecule has 1 aromatic carbocycles. The first-order valence-corrected chi connectivity index (χ1v) is 6.46. The lowest BCUT2D eigenvalue weighted by Gasteiger charge is -2.29. The molecular formula is C15H26N+. The van der Waals surface area contributed by atoms with Crippen molar-refractivity contribution in [1.82, 2.24) is 4.48 Å². The molecule has 0 aliphatic rings. The number of hydrogen-bond acceptors (Lipinski definition) is 0. The van der Waals surface area contributed by atoms with Gasteiger partial charge in [0.15, 0.2) is 0 Å². The van der Waals surface area contributed by atoms with Crippen molar-refractivity contribution in [3.05, 3.63) is 29.8 Å². The van der Waals surface area contributed by atoms with Crippen LogP contribution in [0.15, 0.2) is 24.3 Å². The minimum absolute atomic E-state index is 1.00. The third-order valence-corrected chi connectivity index (χ3v) is 3.30. The summed E-state index contributed by atoms with van der Waals surface area (Å²) in [4.78, 5) is 0. The third kappa shape index (κ3) is 3.97. The molecule has 0 saturated heterocycles. The minimum Gasteiger partial charge on any atom is -0.296 e. The summed E-state index contributed by atoms with van der Waals surface area (Å²) in [6, 6.07) is 8.94. The predicted octanol–water partition coefficient (Wildman–Crippen LogP) is 4.14. The maximum absolute atomic E-state index is 2.30. The first-order chi connectivity index (χ1) is 7.56. The molecule has 90 valence electrons. The molecular weight excluding hydrogens is 194 g/mol. The fourth-order valence-electron chi connectivity index (χ4n) is 2.01. The van der Waals surface area contributed by atoms with Gasteiger partial charge in [0.2, 0.25) is 0 Å². The molecule has 0 aliphatic carbocycles. The van der Waals surface area contributed by atoms with Crippen LogP contribution in [0.1, 0.15) is 38.2 Å². The molecule has 0 amide bonds. The van der Waals surface area contributed by atoms with E-state index >= 15 is 0 Å². The molecule has 1 heteroatoms. The Balaban J connectivity index is 2.52. The molecule has 0 radical (unpaired) electrons. The van der Waals surface area contributed by atoms with E-state index in [0.717, 1.165) is 4.48 Å². The van der Waals surface area contributed by atoms with Gasteiger partial charge in [0.1, 0.15) is 5.69 Å². The maximum Gasteiger partial charge on any atom is 0.132 e. The van der Waals surface area contributed by atoms with Gasteiger partial charge in [0, 0.05) is 0 Å². The largest absolute Gasteiger partial charge is 0.296 e. The Hall–Kier alpha value is -0.820. The second kappa shape index (κ2) is 6.05. The van der Waals surface area contributed by atoms with Gasteiger partial charge in [-0.05, 0) is 31.9 Å². The lowest BCUT2D eigenvalue weighted by molar-refractivity contribution is 0.382. The van der Waals surface area contributed by atoms with Crippen LogP contribution in [0.2, 0.25) is 0 Å². The highest BCUT2D eigenvalue weighted by Crippen LogP contribution is 2.20. The van der Waals surface area contributed by atoms with Gasteiger partial charge in [-0.2, -0.15) is 0 Å². The molecule has 1 aromatic rings. The molecule has 0 aromatic heterocycles. The second-order valence-electron chi connectivity index (χ2n) is 5.30. The number of quaternary nitrogens is 1. The highest BCUT2D eigenvalue weighted by molar-refractivity contribution is 5.42. The van der Waals surface area contributed by atoms with Crippen molar-refractivity contribution >= 4 is 5.69 Å². The van der Waals surface area contributed by atoms with Gasteiger partial charge in [-0.15, -0.1) is 0 Å². The van der Waals surface area contributed by atoms with Gasteiger partial charge in [-0.25, -0.2) is 0 Å². The number of benzene rings is 1. The molecule has 0 atom stereocenters. The maximum atomic E-state index is 2.30. The van der Waals surface area contributed by atoms with E-state index in [1.54, 1.807) is 0 Å². The Morgan fingerprint density at radius 1 is 0.938 bits per heavy atom. The molecule has 0 N–H and O–H groups in total. The molecule has 0 spiro atoms. The van der Waals surface area contributed by atoms with E-state index in [2.05, 4.69) is 52.2 Å². The van der Waals surface area contributed by atoms with Crippen LogP contribution in [0, 0.1) is 6.92 Å². The minimum atomic E-state index is 1.00. The summed E-state index contributed by atoms with van der Waals surface area (Å²) in [5, 5.41) is 0. The van der Waals surface area contributed by atoms with E-state index in [9.17, 15) is 0 Å². The first kappa shape index (κ1) is 13.2. The Labute approximate surface area is 101 Å². The number of rotatable bonds is 6. The van der Waals surface area contributed by atoms with Crippen molar-refractivity contribution in [3.63, 3.8) is 0 Å². The quantitative estimate of drug-likeness (QED) is 0.499. The van der Waals surface area contributed by atoms with Crippen molar-refractivity contribution < 1.29 is 0 Å². The molecule has 16 heavy (non-hydrogen) atoms. The van der Waals surface area contributed by atoms with Crippen LogP contribution in [0.3, 0.4) is 0 Å². The lowest BCUT2D eigenvalue weighted by atomic mass is 10.1. The van der Waals surface area contributed by atoms with Crippen molar-refractivity contribution in [3.8, 4) is 0 Å². The fraction of sp³-hybridized carbons (Fsp3) is 0.600. The third-order valence-electron chi connectivity index (χ3n) is 3.30. The Bertz CT molecular complexity index is 298.